The maximum Gasteiger partial charge on any atom is 0.0228 e. The minimum atomic E-state index is -0.328. The molecule has 0 heterocycles. The molecule has 0 amide bonds. The fourth-order valence-electron chi connectivity index (χ4n) is 23.9. The normalized spacial score (nSPS) is 14.6. The number of benzene rings is 26. The van der Waals surface area contributed by atoms with E-state index in [1.807, 2.05) is 0 Å². The van der Waals surface area contributed by atoms with E-state index < -0.39 is 0 Å². The summed E-state index contributed by atoms with van der Waals surface area (Å²) in [5, 5.41) is 68.9. The van der Waals surface area contributed by atoms with Crippen molar-refractivity contribution < 1.29 is 0 Å². The van der Waals surface area contributed by atoms with Crippen LogP contribution in [0.25, 0.3) is 270 Å². The van der Waals surface area contributed by atoms with Crippen molar-refractivity contribution >= 4 is 259 Å². The Morgan fingerprint density at radius 1 is 0.175 bits per heavy atom. The van der Waals surface area contributed by atoms with E-state index in [9.17, 15) is 0 Å². The molecule has 26 aromatic carbocycles. The number of unbranched alkanes of at least 4 members (excludes halogenated alkanes) is 6. The van der Waals surface area contributed by atoms with E-state index in [1.54, 1.807) is 11.1 Å². The average Bonchev–Trinajstić information content (AvgIpc) is 1.56. The van der Waals surface area contributed by atoms with E-state index in [0.29, 0.717) is 0 Å². The lowest BCUT2D eigenvalue weighted by Crippen LogP contribution is -2.26. The smallest absolute Gasteiger partial charge is 0.0228 e. The Bertz CT molecular complexity index is 7370. The van der Waals surface area contributed by atoms with Crippen molar-refractivity contribution in [3.05, 3.63) is 205 Å². The van der Waals surface area contributed by atoms with E-state index in [2.05, 4.69) is 208 Å². The van der Waals surface area contributed by atoms with Gasteiger partial charge in [0.1, 0.15) is 0 Å². The van der Waals surface area contributed by atoms with Crippen LogP contribution in [0.15, 0.2) is 194 Å². The standard InChI is InChI=1S/C97H58/c1-3-5-7-9-41-97(42-10-8-6-4-2)95-67(43-65-61-37-17-33-55-53-29-13-25-49-45-21-11-23-47-51-27-15-31-57-59-35-19-39-63-77(59)91-87(73(51)57)83(69(45)47)85(71(49)53)89(75(55)61)93(91)79(65)81(63)95)68-44-66-62-38-18-34-56-54-30-14-26-50-46-22-12-24-48-52-28-16-32-58-60-36-20-40-64-78(60)92-88(74(52)58)84(70(46)48)86(72(50)54)90(76(56)62)94(92)80(66)82(64)96(68)97/h11-40,43-44H,3-10,41-42H2,1-2H3. The van der Waals surface area contributed by atoms with Gasteiger partial charge in [0.25, 0.3) is 0 Å². The van der Waals surface area contributed by atoms with Gasteiger partial charge in [-0.2, -0.15) is 0 Å². The largest absolute Gasteiger partial charge is 0.0654 e. The van der Waals surface area contributed by atoms with Crippen molar-refractivity contribution in [3.8, 4) is 11.1 Å². The minimum Gasteiger partial charge on any atom is -0.0654 e. The molecule has 0 saturated heterocycles. The van der Waals surface area contributed by atoms with Crippen LogP contribution in [0.4, 0.5) is 0 Å². The third kappa shape index (κ3) is 4.99. The van der Waals surface area contributed by atoms with E-state index >= 15 is 0 Å². The first-order valence-corrected chi connectivity index (χ1v) is 36.5. The summed E-state index contributed by atoms with van der Waals surface area (Å²) in [6.07, 6.45) is 11.9. The van der Waals surface area contributed by atoms with Gasteiger partial charge < -0.3 is 0 Å². The fourth-order valence-corrected chi connectivity index (χ4v) is 23.9. The molecule has 0 heteroatoms. The predicted octanol–water partition coefficient (Wildman–Crippen LogP) is 28.8. The Morgan fingerprint density at radius 2 is 0.361 bits per heavy atom. The Labute approximate surface area is 554 Å². The zero-order chi connectivity index (χ0) is 62.2. The molecule has 0 unspecified atom stereocenters. The fraction of sp³-hybridized carbons (Fsp3) is 0.134. The molecule has 27 rings (SSSR count). The van der Waals surface area contributed by atoms with E-state index in [1.165, 1.54) is 321 Å². The first-order chi connectivity index (χ1) is 48.2. The SMILES string of the molecule is CCCCCCC1(CCCCCC)c2c(cc3c4cccc5c6cccc7c8cccc9c%10cccc%11c%12cccc%13c2c3c2c(c54)c(c76)c(c89)c(c%10%11)c2c%12%13)-c2cc3c4cccc5c6cccc7c8cccc9c%10cccc%11c%12cccc%13c(c21)c3c1c(c54)c(c76)c(c89)c(c%10%11)c1c%12%13. The first-order valence-electron chi connectivity index (χ1n) is 36.5. The zero-order valence-electron chi connectivity index (χ0n) is 54.0. The molecule has 0 nitrogen and oxygen atoms in total. The number of hydrogen-bond acceptors (Lipinski definition) is 0. The molecule has 0 saturated carbocycles. The molecular weight excluding hydrogens is 1170 g/mol. The minimum absolute atomic E-state index is 0.328. The average molecular weight is 1220 g/mol. The Morgan fingerprint density at radius 3 is 0.577 bits per heavy atom. The van der Waals surface area contributed by atoms with Gasteiger partial charge in [-0.25, -0.2) is 0 Å². The lowest BCUT2D eigenvalue weighted by atomic mass is 9.65. The second-order valence-corrected chi connectivity index (χ2v) is 30.7. The zero-order valence-corrected chi connectivity index (χ0v) is 54.0. The summed E-state index contributed by atoms with van der Waals surface area (Å²) < 4.78 is 0. The summed E-state index contributed by atoms with van der Waals surface area (Å²) in [5.74, 6) is 0. The van der Waals surface area contributed by atoms with E-state index in [0.717, 1.165) is 12.8 Å². The van der Waals surface area contributed by atoms with Crippen LogP contribution in [0.1, 0.15) is 89.2 Å². The quantitative estimate of drug-likeness (QED) is 0.0727. The van der Waals surface area contributed by atoms with Crippen LogP contribution >= 0.6 is 0 Å². The van der Waals surface area contributed by atoms with Crippen LogP contribution in [0.5, 0.6) is 0 Å². The number of hydrogen-bond donors (Lipinski definition) is 0. The highest BCUT2D eigenvalue weighted by molar-refractivity contribution is 6.64. The maximum atomic E-state index is 2.84. The maximum absolute atomic E-state index is 2.84. The van der Waals surface area contributed by atoms with Crippen LogP contribution in [-0.4, -0.2) is 0 Å². The topological polar surface area (TPSA) is 0 Å². The Kier molecular flexibility index (Phi) is 8.25. The molecule has 0 N–H and O–H groups in total. The van der Waals surface area contributed by atoms with Crippen molar-refractivity contribution in [2.24, 2.45) is 0 Å². The molecule has 0 aromatic heterocycles. The highest BCUT2D eigenvalue weighted by Gasteiger charge is 2.48. The second-order valence-electron chi connectivity index (χ2n) is 30.7. The lowest BCUT2D eigenvalue weighted by molar-refractivity contribution is 0.406. The molecule has 446 valence electrons. The molecule has 0 radical (unpaired) electrons. The highest BCUT2D eigenvalue weighted by atomic mass is 14.5. The molecular formula is C97H58. The van der Waals surface area contributed by atoms with Crippen LogP contribution < -0.4 is 0 Å². The van der Waals surface area contributed by atoms with Crippen molar-refractivity contribution in [2.75, 3.05) is 0 Å². The molecule has 97 heavy (non-hydrogen) atoms. The predicted molar refractivity (Wildman–Crippen MR) is 425 cm³/mol. The molecule has 26 aromatic rings. The van der Waals surface area contributed by atoms with Crippen molar-refractivity contribution in [2.45, 2.75) is 83.5 Å². The van der Waals surface area contributed by atoms with Gasteiger partial charge in [0, 0.05) is 5.41 Å². The van der Waals surface area contributed by atoms with Crippen LogP contribution in [0, 0.1) is 0 Å². The van der Waals surface area contributed by atoms with Gasteiger partial charge in [0.2, 0.25) is 0 Å². The van der Waals surface area contributed by atoms with Crippen LogP contribution in [0.2, 0.25) is 0 Å². The van der Waals surface area contributed by atoms with Crippen LogP contribution in [0.3, 0.4) is 0 Å². The van der Waals surface area contributed by atoms with Gasteiger partial charge in [-0.05, 0) is 306 Å². The molecule has 1 aliphatic rings. The van der Waals surface area contributed by atoms with Crippen molar-refractivity contribution in [3.63, 3.8) is 0 Å². The molecule has 0 spiro atoms. The summed E-state index contributed by atoms with van der Waals surface area (Å²) in [7, 11) is 0. The Balaban J connectivity index is 0.940. The lowest BCUT2D eigenvalue weighted by Gasteiger charge is -2.37. The third-order valence-electron chi connectivity index (χ3n) is 26.9. The monoisotopic (exact) mass is 1220 g/mol. The number of rotatable bonds is 10. The van der Waals surface area contributed by atoms with Crippen molar-refractivity contribution in [1.82, 2.24) is 0 Å². The first kappa shape index (κ1) is 49.6. The summed E-state index contributed by atoms with van der Waals surface area (Å²) in [4.78, 5) is 0. The summed E-state index contributed by atoms with van der Waals surface area (Å²) in [6.45, 7) is 4.82. The molecule has 0 aliphatic heterocycles. The van der Waals surface area contributed by atoms with E-state index in [4.69, 9.17) is 0 Å². The molecule has 0 atom stereocenters. The van der Waals surface area contributed by atoms with Gasteiger partial charge in [-0.3, -0.25) is 0 Å². The Hall–Kier alpha value is -10.9. The summed E-state index contributed by atoms with van der Waals surface area (Å²) in [5.41, 5.74) is 5.88. The third-order valence-corrected chi connectivity index (χ3v) is 26.9. The number of fused-ring (bicyclic) bond motifs is 17. The van der Waals surface area contributed by atoms with Gasteiger partial charge in [0.15, 0.2) is 0 Å². The molecule has 1 aliphatic carbocycles. The molecule has 0 fully saturated rings. The van der Waals surface area contributed by atoms with Gasteiger partial charge >= 0.3 is 0 Å². The highest BCUT2D eigenvalue weighted by Crippen LogP contribution is 2.69. The summed E-state index contributed by atoms with van der Waals surface area (Å²) in [6, 6.07) is 79.3. The van der Waals surface area contributed by atoms with Gasteiger partial charge in [-0.1, -0.05) is 247 Å². The van der Waals surface area contributed by atoms with Crippen molar-refractivity contribution in [1.29, 1.82) is 0 Å². The van der Waals surface area contributed by atoms with Crippen LogP contribution in [-0.2, 0) is 5.41 Å². The summed E-state index contributed by atoms with van der Waals surface area (Å²) >= 11 is 0. The van der Waals surface area contributed by atoms with Gasteiger partial charge in [0.05, 0.1) is 0 Å². The second kappa shape index (κ2) is 16.1. The van der Waals surface area contributed by atoms with Gasteiger partial charge in [-0.15, -0.1) is 0 Å². The van der Waals surface area contributed by atoms with E-state index in [-0.39, 0.29) is 5.41 Å². The molecule has 0 bridgehead atoms.